The molecule has 3 rings (SSSR count). The molecule has 40 heavy (non-hydrogen) atoms. The molecule has 0 unspecified atom stereocenters. The molecule has 7 heteroatoms. The van der Waals surface area contributed by atoms with Crippen molar-refractivity contribution in [2.24, 2.45) is 9.98 Å². The quantitative estimate of drug-likeness (QED) is 0.256. The summed E-state index contributed by atoms with van der Waals surface area (Å²) in [6.07, 6.45) is 12.4. The summed E-state index contributed by atoms with van der Waals surface area (Å²) in [6.45, 7) is 13.3. The van der Waals surface area contributed by atoms with E-state index in [4.69, 9.17) is 15.0 Å². The van der Waals surface area contributed by atoms with Crippen molar-refractivity contribution in [2.45, 2.75) is 92.9 Å². The Labute approximate surface area is 271 Å². The Balaban J connectivity index is 0. The van der Waals surface area contributed by atoms with Crippen molar-refractivity contribution in [3.05, 3.63) is 87.2 Å². The van der Waals surface area contributed by atoms with Crippen molar-refractivity contribution in [1.29, 1.82) is 0 Å². The van der Waals surface area contributed by atoms with Crippen molar-refractivity contribution in [1.82, 2.24) is 4.98 Å². The van der Waals surface area contributed by atoms with Crippen molar-refractivity contribution >= 4 is 23.8 Å². The van der Waals surface area contributed by atoms with Crippen molar-refractivity contribution in [3.8, 4) is 0 Å². The standard InChI is InChI=1S/C33H43N3.3ClH.Co/c1-7-12-26-18-24(5)19-27(13-8-2)32(26)34-22-30-16-11-17-31(36-30)23-35-33-28(14-9-3)20-25(6)21-29(33)15-10-4;;;;/h11,16-23H,7-10,12-15H2,1-6H3;3*1H;/q;;;;+3/p-3. The number of aryl methyl sites for hydroxylation is 6. The van der Waals surface area contributed by atoms with Crippen LogP contribution in [0.5, 0.6) is 0 Å². The summed E-state index contributed by atoms with van der Waals surface area (Å²) >= 11 is 0. The summed E-state index contributed by atoms with van der Waals surface area (Å²) in [5.74, 6) is 0. The molecular weight excluding hydrogens is 604 g/mol. The molecule has 3 aromatic rings. The van der Waals surface area contributed by atoms with Gasteiger partial charge in [-0.25, -0.2) is 4.98 Å². The van der Waals surface area contributed by atoms with Gasteiger partial charge in [0.15, 0.2) is 0 Å². The van der Waals surface area contributed by atoms with Gasteiger partial charge in [-0.15, -0.1) is 0 Å². The minimum absolute atomic E-state index is 0. The van der Waals surface area contributed by atoms with Crippen LogP contribution in [-0.4, -0.2) is 17.4 Å². The maximum Gasteiger partial charge on any atom is 3.00 e. The van der Waals surface area contributed by atoms with Gasteiger partial charge in [-0.2, -0.15) is 0 Å². The molecular formula is C33H43Cl3CoN3. The number of aromatic nitrogens is 1. The molecule has 1 heterocycles. The third-order valence-electron chi connectivity index (χ3n) is 6.35. The SMILES string of the molecule is CCCc1cc(C)cc(CCC)c1N=Cc1cccc(C=Nc2c(CCC)cc(C)cc2CCC)n1.[Cl-].[Cl-].[Cl-].[Co+3]. The summed E-state index contributed by atoms with van der Waals surface area (Å²) in [5, 5.41) is 0. The van der Waals surface area contributed by atoms with Gasteiger partial charge in [0.05, 0.1) is 35.2 Å². The van der Waals surface area contributed by atoms with Crippen LogP contribution in [0.1, 0.15) is 98.1 Å². The third-order valence-corrected chi connectivity index (χ3v) is 6.35. The Bertz CT molecular complexity index is 1080. The van der Waals surface area contributed by atoms with Crippen LogP contribution in [0, 0.1) is 13.8 Å². The number of hydrogen-bond donors (Lipinski definition) is 0. The number of pyridine rings is 1. The molecule has 1 aromatic heterocycles. The molecule has 220 valence electrons. The van der Waals surface area contributed by atoms with Crippen LogP contribution in [0.4, 0.5) is 11.4 Å². The maximum atomic E-state index is 4.97. The Hall–Kier alpha value is -1.69. The van der Waals surface area contributed by atoms with Gasteiger partial charge in [0.2, 0.25) is 0 Å². The minimum atomic E-state index is 0. The number of hydrogen-bond acceptors (Lipinski definition) is 3. The molecule has 0 radical (unpaired) electrons. The van der Waals surface area contributed by atoms with Gasteiger partial charge >= 0.3 is 16.8 Å². The predicted molar refractivity (Wildman–Crippen MR) is 157 cm³/mol. The van der Waals surface area contributed by atoms with E-state index >= 15 is 0 Å². The van der Waals surface area contributed by atoms with E-state index in [1.54, 1.807) is 0 Å². The molecule has 0 aliphatic rings. The zero-order valence-corrected chi connectivity index (χ0v) is 28.0. The van der Waals surface area contributed by atoms with Gasteiger partial charge in [-0.3, -0.25) is 9.98 Å². The molecule has 0 spiro atoms. The summed E-state index contributed by atoms with van der Waals surface area (Å²) in [6, 6.07) is 15.2. The summed E-state index contributed by atoms with van der Waals surface area (Å²) in [7, 11) is 0. The molecule has 0 saturated carbocycles. The van der Waals surface area contributed by atoms with E-state index in [9.17, 15) is 0 Å². The molecule has 0 N–H and O–H groups in total. The summed E-state index contributed by atoms with van der Waals surface area (Å²) in [5.41, 5.74) is 11.9. The summed E-state index contributed by atoms with van der Waals surface area (Å²) < 4.78 is 0. The second kappa shape index (κ2) is 21.1. The molecule has 0 aliphatic carbocycles. The van der Waals surface area contributed by atoms with Crippen molar-refractivity contribution < 1.29 is 54.0 Å². The second-order valence-electron chi connectivity index (χ2n) is 9.87. The predicted octanol–water partition coefficient (Wildman–Crippen LogP) is 0.0191. The number of rotatable bonds is 12. The van der Waals surface area contributed by atoms with Crippen LogP contribution in [0.25, 0.3) is 0 Å². The van der Waals surface area contributed by atoms with E-state index in [0.717, 1.165) is 74.1 Å². The average molecular weight is 647 g/mol. The first-order valence-corrected chi connectivity index (χ1v) is 13.8. The smallest absolute Gasteiger partial charge is 1.00 e. The number of halogens is 3. The summed E-state index contributed by atoms with van der Waals surface area (Å²) in [4.78, 5) is 14.8. The normalized spacial score (nSPS) is 10.6. The van der Waals surface area contributed by atoms with Crippen LogP contribution in [-0.2, 0) is 42.5 Å². The number of aliphatic imine (C=N–C) groups is 2. The van der Waals surface area contributed by atoms with Crippen LogP contribution in [0.3, 0.4) is 0 Å². The third kappa shape index (κ3) is 11.7. The Kier molecular flexibility index (Phi) is 21.3. The zero-order valence-electron chi connectivity index (χ0n) is 24.7. The van der Waals surface area contributed by atoms with Crippen LogP contribution >= 0.6 is 0 Å². The van der Waals surface area contributed by atoms with Crippen LogP contribution < -0.4 is 37.2 Å². The van der Waals surface area contributed by atoms with Gasteiger partial charge in [0.1, 0.15) is 0 Å². The van der Waals surface area contributed by atoms with Gasteiger partial charge in [0, 0.05) is 0 Å². The van der Waals surface area contributed by atoms with Gasteiger partial charge in [-0.05, 0) is 73.9 Å². The fourth-order valence-electron chi connectivity index (χ4n) is 4.91. The van der Waals surface area contributed by atoms with Crippen molar-refractivity contribution in [2.75, 3.05) is 0 Å². The topological polar surface area (TPSA) is 37.6 Å². The van der Waals surface area contributed by atoms with E-state index in [0.29, 0.717) is 0 Å². The largest absolute Gasteiger partial charge is 3.00 e. The van der Waals surface area contributed by atoms with Crippen LogP contribution in [0.15, 0.2) is 52.4 Å². The van der Waals surface area contributed by atoms with E-state index in [2.05, 4.69) is 65.8 Å². The van der Waals surface area contributed by atoms with Gasteiger partial charge in [0.25, 0.3) is 0 Å². The fourth-order valence-corrected chi connectivity index (χ4v) is 4.91. The Morgan fingerprint density at radius 1 is 0.575 bits per heavy atom. The fraction of sp³-hybridized carbons (Fsp3) is 0.424. The zero-order chi connectivity index (χ0) is 25.9. The molecule has 0 fully saturated rings. The second-order valence-corrected chi connectivity index (χ2v) is 9.87. The monoisotopic (exact) mass is 645 g/mol. The Morgan fingerprint density at radius 2 is 0.875 bits per heavy atom. The maximum absolute atomic E-state index is 4.97. The minimum Gasteiger partial charge on any atom is -1.00 e. The first kappa shape index (κ1) is 40.4. The van der Waals surface area contributed by atoms with E-state index in [1.807, 2.05) is 30.6 Å². The van der Waals surface area contributed by atoms with Crippen LogP contribution in [0.2, 0.25) is 0 Å². The van der Waals surface area contributed by atoms with E-state index in [1.165, 1.54) is 33.4 Å². The molecule has 0 atom stereocenters. The molecule has 0 amide bonds. The molecule has 0 bridgehead atoms. The first-order valence-electron chi connectivity index (χ1n) is 13.8. The van der Waals surface area contributed by atoms with E-state index in [-0.39, 0.29) is 54.0 Å². The molecule has 0 saturated heterocycles. The number of nitrogens with zero attached hydrogens (tertiary/aromatic N) is 3. The van der Waals surface area contributed by atoms with E-state index < -0.39 is 0 Å². The molecule has 0 aliphatic heterocycles. The van der Waals surface area contributed by atoms with Gasteiger partial charge < -0.3 is 37.2 Å². The number of benzene rings is 2. The average Bonchev–Trinajstić information content (AvgIpc) is 2.84. The van der Waals surface area contributed by atoms with Crippen molar-refractivity contribution in [3.63, 3.8) is 0 Å². The molecule has 3 nitrogen and oxygen atoms in total. The molecule has 2 aromatic carbocycles. The Morgan fingerprint density at radius 3 is 1.15 bits per heavy atom. The van der Waals surface area contributed by atoms with Gasteiger partial charge in [-0.1, -0.05) is 94.8 Å². The first-order chi connectivity index (χ1) is 17.5.